The van der Waals surface area contributed by atoms with E-state index in [1.54, 1.807) is 0 Å². The number of benzene rings is 1. The normalized spacial score (nSPS) is 12.2. The number of carboxylic acid groups (broad SMARTS) is 1. The topological polar surface area (TPSA) is 46.5 Å². The standard InChI is InChI=1S/C14H19ClO3/c1-4-11(14(16)17)5-6-18-12-7-9(2)13(15)10(3)8-12/h7-8,11H,4-6H2,1-3H3,(H,16,17). The molecule has 0 saturated carbocycles. The molecular formula is C14H19ClO3. The van der Waals surface area contributed by atoms with Crippen LogP contribution < -0.4 is 4.74 Å². The Kier molecular flexibility index (Phi) is 5.48. The van der Waals surface area contributed by atoms with Crippen molar-refractivity contribution < 1.29 is 14.6 Å². The van der Waals surface area contributed by atoms with E-state index in [1.165, 1.54) is 0 Å². The summed E-state index contributed by atoms with van der Waals surface area (Å²) in [5.74, 6) is -0.348. The van der Waals surface area contributed by atoms with Crippen molar-refractivity contribution in [3.8, 4) is 5.75 Å². The zero-order chi connectivity index (χ0) is 13.7. The lowest BCUT2D eigenvalue weighted by Gasteiger charge is -2.12. The van der Waals surface area contributed by atoms with Crippen LogP contribution in [0.2, 0.25) is 5.02 Å². The van der Waals surface area contributed by atoms with Gasteiger partial charge in [0.25, 0.3) is 0 Å². The van der Waals surface area contributed by atoms with E-state index < -0.39 is 5.97 Å². The van der Waals surface area contributed by atoms with E-state index in [0.29, 0.717) is 19.4 Å². The molecule has 1 N–H and O–H groups in total. The summed E-state index contributed by atoms with van der Waals surface area (Å²) < 4.78 is 5.58. The number of aliphatic carboxylic acids is 1. The third-order valence-corrected chi connectivity index (χ3v) is 3.58. The van der Waals surface area contributed by atoms with Gasteiger partial charge in [-0.15, -0.1) is 0 Å². The number of hydrogen-bond acceptors (Lipinski definition) is 2. The zero-order valence-electron chi connectivity index (χ0n) is 11.0. The van der Waals surface area contributed by atoms with Crippen LogP contribution in [0.5, 0.6) is 5.75 Å². The maximum absolute atomic E-state index is 10.9. The van der Waals surface area contributed by atoms with Crippen LogP contribution in [-0.4, -0.2) is 17.7 Å². The molecule has 100 valence electrons. The quantitative estimate of drug-likeness (QED) is 0.854. The summed E-state index contributed by atoms with van der Waals surface area (Å²) in [6.07, 6.45) is 1.14. The van der Waals surface area contributed by atoms with Crippen LogP contribution in [0.15, 0.2) is 12.1 Å². The smallest absolute Gasteiger partial charge is 0.306 e. The fourth-order valence-electron chi connectivity index (χ4n) is 1.81. The highest BCUT2D eigenvalue weighted by Crippen LogP contribution is 2.26. The SMILES string of the molecule is CCC(CCOc1cc(C)c(Cl)c(C)c1)C(=O)O. The summed E-state index contributed by atoms with van der Waals surface area (Å²) in [6.45, 7) is 6.13. The minimum Gasteiger partial charge on any atom is -0.494 e. The molecule has 0 fully saturated rings. The lowest BCUT2D eigenvalue weighted by Crippen LogP contribution is -2.16. The van der Waals surface area contributed by atoms with Crippen LogP contribution in [0.1, 0.15) is 30.9 Å². The van der Waals surface area contributed by atoms with Crippen molar-refractivity contribution in [2.24, 2.45) is 5.92 Å². The third kappa shape index (κ3) is 3.91. The van der Waals surface area contributed by atoms with Crippen LogP contribution in [0.25, 0.3) is 0 Å². The van der Waals surface area contributed by atoms with Crippen molar-refractivity contribution in [2.75, 3.05) is 6.61 Å². The molecule has 18 heavy (non-hydrogen) atoms. The van der Waals surface area contributed by atoms with E-state index in [4.69, 9.17) is 21.4 Å². The van der Waals surface area contributed by atoms with Gasteiger partial charge in [-0.05, 0) is 49.9 Å². The second-order valence-electron chi connectivity index (χ2n) is 4.45. The van der Waals surface area contributed by atoms with Gasteiger partial charge in [0.15, 0.2) is 0 Å². The molecule has 1 rings (SSSR count). The average Bonchev–Trinajstić information content (AvgIpc) is 2.31. The van der Waals surface area contributed by atoms with Gasteiger partial charge < -0.3 is 9.84 Å². The number of ether oxygens (including phenoxy) is 1. The highest BCUT2D eigenvalue weighted by atomic mass is 35.5. The lowest BCUT2D eigenvalue weighted by atomic mass is 10.0. The van der Waals surface area contributed by atoms with Crippen molar-refractivity contribution in [1.82, 2.24) is 0 Å². The van der Waals surface area contributed by atoms with Crippen molar-refractivity contribution in [1.29, 1.82) is 0 Å². The summed E-state index contributed by atoms with van der Waals surface area (Å²) >= 11 is 6.06. The predicted octanol–water partition coefficient (Wildman–Crippen LogP) is 3.84. The summed E-state index contributed by atoms with van der Waals surface area (Å²) in [4.78, 5) is 10.9. The molecule has 4 heteroatoms. The van der Waals surface area contributed by atoms with E-state index in [2.05, 4.69) is 0 Å². The summed E-state index contributed by atoms with van der Waals surface area (Å²) in [6, 6.07) is 3.74. The minimum absolute atomic E-state index is 0.334. The van der Waals surface area contributed by atoms with Crippen molar-refractivity contribution in [2.45, 2.75) is 33.6 Å². The monoisotopic (exact) mass is 270 g/mol. The molecule has 1 aromatic carbocycles. The summed E-state index contributed by atoms with van der Waals surface area (Å²) in [7, 11) is 0. The molecule has 3 nitrogen and oxygen atoms in total. The summed E-state index contributed by atoms with van der Waals surface area (Å²) in [5, 5.41) is 9.67. The van der Waals surface area contributed by atoms with Crippen molar-refractivity contribution in [3.63, 3.8) is 0 Å². The molecule has 1 aromatic rings. The molecule has 0 amide bonds. The Bertz CT molecular complexity index is 406. The number of carboxylic acids is 1. The number of halogens is 1. The third-order valence-electron chi connectivity index (χ3n) is 2.99. The molecular weight excluding hydrogens is 252 g/mol. The van der Waals surface area contributed by atoms with Gasteiger partial charge in [-0.25, -0.2) is 0 Å². The first-order chi connectivity index (χ1) is 8.45. The molecule has 0 aliphatic carbocycles. The summed E-state index contributed by atoms with van der Waals surface area (Å²) in [5.41, 5.74) is 1.94. The van der Waals surface area contributed by atoms with Gasteiger partial charge in [0, 0.05) is 5.02 Å². The molecule has 0 heterocycles. The first kappa shape index (κ1) is 14.8. The van der Waals surface area contributed by atoms with Gasteiger partial charge in [0.2, 0.25) is 0 Å². The van der Waals surface area contributed by atoms with Crippen LogP contribution in [0.4, 0.5) is 0 Å². The molecule has 0 aliphatic rings. The molecule has 1 unspecified atom stereocenters. The maximum Gasteiger partial charge on any atom is 0.306 e. The van der Waals surface area contributed by atoms with Crippen LogP contribution >= 0.6 is 11.6 Å². The highest BCUT2D eigenvalue weighted by Gasteiger charge is 2.14. The fraction of sp³-hybridized carbons (Fsp3) is 0.500. The fourth-order valence-corrected chi connectivity index (χ4v) is 1.92. The largest absolute Gasteiger partial charge is 0.494 e. The Hall–Kier alpha value is -1.22. The Morgan fingerprint density at radius 2 is 1.94 bits per heavy atom. The first-order valence-electron chi connectivity index (χ1n) is 6.08. The number of carbonyl (C=O) groups is 1. The lowest BCUT2D eigenvalue weighted by molar-refractivity contribution is -0.142. The minimum atomic E-state index is -0.760. The predicted molar refractivity (Wildman–Crippen MR) is 72.5 cm³/mol. The van der Waals surface area contributed by atoms with E-state index in [-0.39, 0.29) is 5.92 Å². The number of rotatable bonds is 6. The van der Waals surface area contributed by atoms with Gasteiger partial charge in [-0.1, -0.05) is 18.5 Å². The second-order valence-corrected chi connectivity index (χ2v) is 4.83. The van der Waals surface area contributed by atoms with Crippen LogP contribution in [0, 0.1) is 19.8 Å². The average molecular weight is 271 g/mol. The highest BCUT2D eigenvalue weighted by molar-refractivity contribution is 6.32. The van der Waals surface area contributed by atoms with Gasteiger partial charge in [0.1, 0.15) is 5.75 Å². The van der Waals surface area contributed by atoms with E-state index in [9.17, 15) is 4.79 Å². The molecule has 0 aromatic heterocycles. The number of aryl methyl sites for hydroxylation is 2. The Balaban J connectivity index is 2.56. The van der Waals surface area contributed by atoms with Gasteiger partial charge in [0.05, 0.1) is 12.5 Å². The Morgan fingerprint density at radius 3 is 2.39 bits per heavy atom. The maximum atomic E-state index is 10.9. The van der Waals surface area contributed by atoms with Gasteiger partial charge in [-0.2, -0.15) is 0 Å². The van der Waals surface area contributed by atoms with Crippen LogP contribution in [0.3, 0.4) is 0 Å². The molecule has 0 aliphatic heterocycles. The molecule has 0 spiro atoms. The zero-order valence-corrected chi connectivity index (χ0v) is 11.8. The molecule has 1 atom stereocenters. The van der Waals surface area contributed by atoms with Gasteiger partial charge >= 0.3 is 5.97 Å². The molecule has 0 bridgehead atoms. The Labute approximate surface area is 113 Å². The van der Waals surface area contributed by atoms with Crippen molar-refractivity contribution >= 4 is 17.6 Å². The molecule has 0 radical (unpaired) electrons. The number of hydrogen-bond donors (Lipinski definition) is 1. The second kappa shape index (κ2) is 6.64. The molecule has 0 saturated heterocycles. The van der Waals surface area contributed by atoms with E-state index in [1.807, 2.05) is 32.9 Å². The van der Waals surface area contributed by atoms with Crippen LogP contribution in [-0.2, 0) is 4.79 Å². The van der Waals surface area contributed by atoms with Crippen molar-refractivity contribution in [3.05, 3.63) is 28.3 Å². The van der Waals surface area contributed by atoms with E-state index >= 15 is 0 Å². The Morgan fingerprint density at radius 1 is 1.39 bits per heavy atom. The first-order valence-corrected chi connectivity index (χ1v) is 6.45. The van der Waals surface area contributed by atoms with E-state index in [0.717, 1.165) is 21.9 Å². The van der Waals surface area contributed by atoms with Gasteiger partial charge in [-0.3, -0.25) is 4.79 Å².